The molecule has 0 aliphatic heterocycles. The first kappa shape index (κ1) is 33.7. The lowest BCUT2D eigenvalue weighted by atomic mass is 10.1. The van der Waals surface area contributed by atoms with E-state index >= 15 is 0 Å². The van der Waals surface area contributed by atoms with Gasteiger partial charge in [0.1, 0.15) is 0 Å². The molecule has 10 rings (SSSR count). The average molecular weight is 735 g/mol. The smallest absolute Gasteiger partial charge is 0.235 e. The molecule has 0 fully saturated rings. The molecule has 0 aliphatic carbocycles. The lowest BCUT2D eigenvalue weighted by molar-refractivity contribution is 0.995. The van der Waals surface area contributed by atoms with E-state index in [-0.39, 0.29) is 0 Å². The molecule has 0 N–H and O–H groups in total. The van der Waals surface area contributed by atoms with Gasteiger partial charge in [0.2, 0.25) is 5.95 Å². The number of benzene rings is 5. The molecular formula is C49H34N8. The quantitative estimate of drug-likeness (QED) is 0.144. The Hall–Kier alpha value is -7.84. The first-order chi connectivity index (χ1) is 28.2. The van der Waals surface area contributed by atoms with Gasteiger partial charge in [-0.3, -0.25) is 4.57 Å². The number of nitrogens with zero attached hydrogens (tertiary/aromatic N) is 8. The van der Waals surface area contributed by atoms with Gasteiger partial charge in [0.15, 0.2) is 11.6 Å². The molecule has 8 heteroatoms. The third-order valence-electron chi connectivity index (χ3n) is 10.2. The van der Waals surface area contributed by atoms with Crippen LogP contribution < -0.4 is 0 Å². The van der Waals surface area contributed by atoms with Crippen molar-refractivity contribution in [3.05, 3.63) is 183 Å². The van der Waals surface area contributed by atoms with Crippen molar-refractivity contribution >= 4 is 49.3 Å². The van der Waals surface area contributed by atoms with E-state index in [9.17, 15) is 0 Å². The summed E-state index contributed by atoms with van der Waals surface area (Å²) in [5.74, 6) is 1.87. The van der Waals surface area contributed by atoms with Crippen molar-refractivity contribution in [3.8, 4) is 51.2 Å². The molecule has 5 aromatic heterocycles. The summed E-state index contributed by atoms with van der Waals surface area (Å²) in [6.07, 6.45) is 15.2. The zero-order valence-electron chi connectivity index (χ0n) is 31.0. The molecule has 0 atom stereocenters. The van der Waals surface area contributed by atoms with Crippen LogP contribution in [0.1, 0.15) is 6.92 Å². The van der Waals surface area contributed by atoms with Gasteiger partial charge in [-0.25, -0.2) is 29.9 Å². The van der Waals surface area contributed by atoms with Crippen molar-refractivity contribution < 1.29 is 0 Å². The van der Waals surface area contributed by atoms with Crippen molar-refractivity contribution in [1.29, 1.82) is 0 Å². The maximum Gasteiger partial charge on any atom is 0.235 e. The van der Waals surface area contributed by atoms with Crippen LogP contribution in [0.15, 0.2) is 183 Å². The summed E-state index contributed by atoms with van der Waals surface area (Å²) in [7, 11) is 0. The highest BCUT2D eigenvalue weighted by Crippen LogP contribution is 2.43. The zero-order valence-corrected chi connectivity index (χ0v) is 31.0. The van der Waals surface area contributed by atoms with E-state index in [2.05, 4.69) is 115 Å². The summed E-state index contributed by atoms with van der Waals surface area (Å²) in [6.45, 7) is 6.64. The van der Waals surface area contributed by atoms with E-state index in [0.717, 1.165) is 83.0 Å². The van der Waals surface area contributed by atoms with Crippen molar-refractivity contribution in [2.24, 2.45) is 0 Å². The maximum absolute atomic E-state index is 5.36. The van der Waals surface area contributed by atoms with Crippen LogP contribution in [0.2, 0.25) is 0 Å². The van der Waals surface area contributed by atoms with Crippen LogP contribution >= 0.6 is 0 Å². The van der Waals surface area contributed by atoms with Crippen LogP contribution in [-0.2, 0) is 0 Å². The highest BCUT2D eigenvalue weighted by atomic mass is 15.2. The van der Waals surface area contributed by atoms with Gasteiger partial charge in [0, 0.05) is 74.3 Å². The van der Waals surface area contributed by atoms with Crippen molar-refractivity contribution in [1.82, 2.24) is 39.0 Å². The normalized spacial score (nSPS) is 11.9. The molecule has 0 amide bonds. The van der Waals surface area contributed by atoms with Gasteiger partial charge >= 0.3 is 0 Å². The number of rotatable bonds is 8. The summed E-state index contributed by atoms with van der Waals surface area (Å²) in [5, 5.41) is 4.16. The van der Waals surface area contributed by atoms with Crippen LogP contribution in [0.3, 0.4) is 0 Å². The highest BCUT2D eigenvalue weighted by molar-refractivity contribution is 6.24. The Morgan fingerprint density at radius 1 is 0.509 bits per heavy atom. The average Bonchev–Trinajstić information content (AvgIpc) is 3.80. The second-order valence-corrected chi connectivity index (χ2v) is 13.7. The second kappa shape index (κ2) is 14.1. The van der Waals surface area contributed by atoms with Crippen molar-refractivity contribution in [2.45, 2.75) is 6.92 Å². The van der Waals surface area contributed by atoms with E-state index in [4.69, 9.17) is 9.97 Å². The third kappa shape index (κ3) is 5.88. The molecule has 10 aromatic rings. The Balaban J connectivity index is 1.36. The molecule has 270 valence electrons. The van der Waals surface area contributed by atoms with Gasteiger partial charge in [-0.2, -0.15) is 0 Å². The molecule has 0 aliphatic rings. The van der Waals surface area contributed by atoms with Gasteiger partial charge in [-0.1, -0.05) is 97.6 Å². The van der Waals surface area contributed by atoms with Gasteiger partial charge < -0.3 is 4.57 Å². The van der Waals surface area contributed by atoms with Crippen LogP contribution in [0, 0.1) is 0 Å². The number of fused-ring (bicyclic) bond motifs is 7. The predicted molar refractivity (Wildman–Crippen MR) is 232 cm³/mol. The Labute approximate surface area is 328 Å². The number of allylic oxidation sites excluding steroid dienone is 5. The van der Waals surface area contributed by atoms with Crippen LogP contribution in [0.4, 0.5) is 0 Å². The topological polar surface area (TPSA) is 87.2 Å². The Kier molecular flexibility index (Phi) is 8.34. The fraction of sp³-hybridized carbons (Fsp3) is 0.0204. The van der Waals surface area contributed by atoms with E-state index < -0.39 is 0 Å². The number of hydrogen-bond donors (Lipinski definition) is 0. The Morgan fingerprint density at radius 2 is 1.04 bits per heavy atom. The molecule has 0 saturated heterocycles. The van der Waals surface area contributed by atoms with Gasteiger partial charge in [-0.05, 0) is 67.6 Å². The molecule has 0 bridgehead atoms. The summed E-state index contributed by atoms with van der Waals surface area (Å²) >= 11 is 0. The monoisotopic (exact) mass is 734 g/mol. The maximum atomic E-state index is 5.36. The van der Waals surface area contributed by atoms with Gasteiger partial charge in [-0.15, -0.1) is 0 Å². The lowest BCUT2D eigenvalue weighted by Crippen LogP contribution is -2.05. The molecule has 0 radical (unpaired) electrons. The highest BCUT2D eigenvalue weighted by Gasteiger charge is 2.24. The molecular weight excluding hydrogens is 701 g/mol. The Morgan fingerprint density at radius 3 is 1.60 bits per heavy atom. The van der Waals surface area contributed by atoms with Crippen LogP contribution in [0.5, 0.6) is 0 Å². The number of aromatic nitrogens is 8. The summed E-state index contributed by atoms with van der Waals surface area (Å²) in [5.41, 5.74) is 10.2. The van der Waals surface area contributed by atoms with Gasteiger partial charge in [0.25, 0.3) is 0 Å². The molecule has 8 nitrogen and oxygen atoms in total. The number of hydrogen-bond acceptors (Lipinski definition) is 6. The SMILES string of the molecule is C=C(/C=C\C=C/C)n1c2ccc(-c3ncccn3)cc2c2ccc3c4cc(-c5ncccn5)ccc4n(-c4nc(-c5ccccc5)cc(-c5ccccc5)n4)c3c21. The van der Waals surface area contributed by atoms with E-state index in [0.29, 0.717) is 17.6 Å². The van der Waals surface area contributed by atoms with Crippen molar-refractivity contribution in [3.63, 3.8) is 0 Å². The summed E-state index contributed by atoms with van der Waals surface area (Å²) < 4.78 is 4.46. The minimum absolute atomic E-state index is 0.552. The van der Waals surface area contributed by atoms with Crippen LogP contribution in [-0.4, -0.2) is 39.0 Å². The molecule has 0 saturated carbocycles. The molecule has 5 aromatic carbocycles. The van der Waals surface area contributed by atoms with E-state index in [1.807, 2.05) is 79.8 Å². The fourth-order valence-corrected chi connectivity index (χ4v) is 7.68. The predicted octanol–water partition coefficient (Wildman–Crippen LogP) is 11.5. The van der Waals surface area contributed by atoms with Crippen LogP contribution in [0.25, 0.3) is 101 Å². The van der Waals surface area contributed by atoms with Gasteiger partial charge in [0.05, 0.1) is 33.5 Å². The lowest BCUT2D eigenvalue weighted by Gasteiger charge is -2.14. The minimum Gasteiger partial charge on any atom is -0.308 e. The molecule has 57 heavy (non-hydrogen) atoms. The Bertz CT molecular complexity index is 3120. The molecule has 0 spiro atoms. The van der Waals surface area contributed by atoms with Crippen molar-refractivity contribution in [2.75, 3.05) is 0 Å². The summed E-state index contributed by atoms with van der Waals surface area (Å²) in [6, 6.07) is 43.5. The summed E-state index contributed by atoms with van der Waals surface area (Å²) in [4.78, 5) is 29.1. The molecule has 0 unspecified atom stereocenters. The standard InChI is InChI=1S/C49H34N8/c1-3-4-7-14-32(2)56-43-23-19-35(47-50-25-12-26-51-47)29-39(43)37-21-22-38-40-30-36(48-52-27-13-28-53-48)20-24-44(40)57(46(38)45(37)56)49-54-41(33-15-8-5-9-16-33)31-42(55-49)34-17-10-6-11-18-34/h3-31H,2H2,1H3/b4-3-,14-7-. The second-order valence-electron chi connectivity index (χ2n) is 13.7. The zero-order chi connectivity index (χ0) is 38.3. The van der Waals surface area contributed by atoms with E-state index in [1.54, 1.807) is 24.8 Å². The minimum atomic E-state index is 0.552. The third-order valence-corrected chi connectivity index (χ3v) is 10.2. The first-order valence-corrected chi connectivity index (χ1v) is 18.8. The fourth-order valence-electron chi connectivity index (χ4n) is 7.68. The van der Waals surface area contributed by atoms with E-state index in [1.165, 1.54) is 0 Å². The molecule has 5 heterocycles. The largest absolute Gasteiger partial charge is 0.308 e. The first-order valence-electron chi connectivity index (χ1n) is 18.8.